The van der Waals surface area contributed by atoms with Crippen LogP contribution in [0.15, 0.2) is 30.3 Å². The van der Waals surface area contributed by atoms with Crippen LogP contribution in [-0.2, 0) is 13.1 Å². The second-order valence-corrected chi connectivity index (χ2v) is 11.0. The summed E-state index contributed by atoms with van der Waals surface area (Å²) in [4.78, 5) is 9.95. The lowest BCUT2D eigenvalue weighted by molar-refractivity contribution is 0.138. The predicted octanol–water partition coefficient (Wildman–Crippen LogP) is 4.34. The molecule has 3 aliphatic heterocycles. The number of nitriles is 1. The zero-order chi connectivity index (χ0) is 26.1. The van der Waals surface area contributed by atoms with Crippen molar-refractivity contribution >= 4 is 23.4 Å². The average Bonchev–Trinajstić information content (AvgIpc) is 3.12. The minimum Gasteiger partial charge on any atom is -0.355 e. The van der Waals surface area contributed by atoms with Crippen LogP contribution in [0, 0.1) is 22.6 Å². The predicted molar refractivity (Wildman–Crippen MR) is 131 cm³/mol. The van der Waals surface area contributed by atoms with E-state index in [-0.39, 0.29) is 5.41 Å². The standard InChI is InChI=1S/C25H24ClF3N8/c1-24(2,10-30)36-8-15-7-16(26)3-5-18(15)37-20(9-36)32-33-23(37)35-13-25(14-35)11-34(12-25)19-6-4-17(27)21(31-19)22(28)29/h3-7,22H,8-9,11-14H2,1-2H3. The average molecular weight is 529 g/mol. The number of aromatic nitrogens is 4. The highest BCUT2D eigenvalue weighted by atomic mass is 35.5. The summed E-state index contributed by atoms with van der Waals surface area (Å²) >= 11 is 6.32. The Morgan fingerprint density at radius 2 is 1.78 bits per heavy atom. The van der Waals surface area contributed by atoms with Crippen molar-refractivity contribution in [1.82, 2.24) is 24.6 Å². The summed E-state index contributed by atoms with van der Waals surface area (Å²) in [5, 5.41) is 19.4. The molecule has 2 saturated heterocycles. The van der Waals surface area contributed by atoms with Gasteiger partial charge in [0.2, 0.25) is 5.95 Å². The van der Waals surface area contributed by atoms with Gasteiger partial charge in [0, 0.05) is 43.2 Å². The summed E-state index contributed by atoms with van der Waals surface area (Å²) in [6.07, 6.45) is -2.95. The van der Waals surface area contributed by atoms with Crippen LogP contribution in [0.1, 0.15) is 37.4 Å². The van der Waals surface area contributed by atoms with Gasteiger partial charge in [0.1, 0.15) is 17.1 Å². The molecular formula is C25H24ClF3N8. The van der Waals surface area contributed by atoms with Gasteiger partial charge in [0.15, 0.2) is 11.6 Å². The van der Waals surface area contributed by atoms with Gasteiger partial charge >= 0.3 is 0 Å². The van der Waals surface area contributed by atoms with E-state index in [1.165, 1.54) is 6.07 Å². The fourth-order valence-electron chi connectivity index (χ4n) is 5.46. The largest absolute Gasteiger partial charge is 0.355 e. The van der Waals surface area contributed by atoms with Gasteiger partial charge in [0.25, 0.3) is 6.43 Å². The SMILES string of the molecule is CC(C)(C#N)N1Cc2cc(Cl)ccc2-n2c(nnc2N2CC3(CN(c4ccc(F)c(C(F)F)n4)C3)C2)C1. The molecule has 8 nitrogen and oxygen atoms in total. The van der Waals surface area contributed by atoms with Crippen LogP contribution in [0.2, 0.25) is 5.02 Å². The van der Waals surface area contributed by atoms with Crippen molar-refractivity contribution in [3.8, 4) is 11.8 Å². The first-order valence-electron chi connectivity index (χ1n) is 11.9. The number of hydrogen-bond donors (Lipinski definition) is 0. The number of nitrogens with zero attached hydrogens (tertiary/aromatic N) is 8. The lowest BCUT2D eigenvalue weighted by Crippen LogP contribution is -2.73. The molecule has 0 aliphatic carbocycles. The number of alkyl halides is 2. The second-order valence-electron chi connectivity index (χ2n) is 10.6. The molecule has 0 amide bonds. The van der Waals surface area contributed by atoms with E-state index in [1.807, 2.05) is 41.5 Å². The Kier molecular flexibility index (Phi) is 5.40. The minimum atomic E-state index is -2.95. The molecular weight excluding hydrogens is 505 g/mol. The summed E-state index contributed by atoms with van der Waals surface area (Å²) in [5.74, 6) is 0.836. The van der Waals surface area contributed by atoms with Crippen LogP contribution < -0.4 is 9.80 Å². The topological polar surface area (TPSA) is 77.1 Å². The van der Waals surface area contributed by atoms with Gasteiger partial charge in [-0.1, -0.05) is 11.6 Å². The Morgan fingerprint density at radius 3 is 2.49 bits per heavy atom. The van der Waals surface area contributed by atoms with Crippen LogP contribution in [0.3, 0.4) is 0 Å². The van der Waals surface area contributed by atoms with Gasteiger partial charge in [0.05, 0.1) is 18.3 Å². The van der Waals surface area contributed by atoms with Crippen LogP contribution in [0.4, 0.5) is 24.9 Å². The number of fused-ring (bicyclic) bond motifs is 3. The van der Waals surface area contributed by atoms with Crippen molar-refractivity contribution in [2.75, 3.05) is 36.0 Å². The van der Waals surface area contributed by atoms with Crippen LogP contribution in [-0.4, -0.2) is 56.4 Å². The lowest BCUT2D eigenvalue weighted by atomic mass is 9.73. The second kappa shape index (κ2) is 8.33. The van der Waals surface area contributed by atoms with Gasteiger partial charge in [-0.25, -0.2) is 18.2 Å². The number of benzene rings is 1. The normalized spacial score (nSPS) is 18.6. The number of anilines is 2. The third-order valence-electron chi connectivity index (χ3n) is 7.53. The first-order chi connectivity index (χ1) is 17.6. The summed E-state index contributed by atoms with van der Waals surface area (Å²) in [7, 11) is 0. The van der Waals surface area contributed by atoms with E-state index in [0.29, 0.717) is 37.0 Å². The molecule has 0 N–H and O–H groups in total. The van der Waals surface area contributed by atoms with Crippen molar-refractivity contribution in [1.29, 1.82) is 5.26 Å². The van der Waals surface area contributed by atoms with Gasteiger partial charge in [-0.2, -0.15) is 5.26 Å². The highest BCUT2D eigenvalue weighted by Gasteiger charge is 2.53. The van der Waals surface area contributed by atoms with E-state index in [4.69, 9.17) is 11.6 Å². The van der Waals surface area contributed by atoms with E-state index in [9.17, 15) is 18.4 Å². The molecule has 12 heteroatoms. The van der Waals surface area contributed by atoms with Gasteiger partial charge in [-0.05, 0) is 49.7 Å². The van der Waals surface area contributed by atoms with Crippen LogP contribution in [0.25, 0.3) is 5.69 Å². The summed E-state index contributed by atoms with van der Waals surface area (Å²) in [6, 6.07) is 10.6. The molecule has 0 unspecified atom stereocenters. The summed E-state index contributed by atoms with van der Waals surface area (Å²) < 4.78 is 41.8. The molecule has 37 heavy (non-hydrogen) atoms. The first-order valence-corrected chi connectivity index (χ1v) is 12.3. The van der Waals surface area contributed by atoms with Crippen molar-refractivity contribution in [3.05, 3.63) is 58.3 Å². The maximum absolute atomic E-state index is 13.6. The monoisotopic (exact) mass is 528 g/mol. The molecule has 1 spiro atoms. The van der Waals surface area contributed by atoms with Crippen molar-refractivity contribution < 1.29 is 13.2 Å². The molecule has 6 rings (SSSR count). The summed E-state index contributed by atoms with van der Waals surface area (Å²) in [6.45, 7) is 7.49. The molecule has 0 radical (unpaired) electrons. The maximum Gasteiger partial charge on any atom is 0.283 e. The molecule has 3 aromatic rings. The number of hydrogen-bond acceptors (Lipinski definition) is 7. The van der Waals surface area contributed by atoms with E-state index in [2.05, 4.69) is 31.1 Å². The Morgan fingerprint density at radius 1 is 1.05 bits per heavy atom. The lowest BCUT2D eigenvalue weighted by Gasteiger charge is -2.60. The maximum atomic E-state index is 13.6. The highest BCUT2D eigenvalue weighted by Crippen LogP contribution is 2.44. The molecule has 5 heterocycles. The fraction of sp³-hybridized carbons (Fsp3) is 0.440. The van der Waals surface area contributed by atoms with E-state index < -0.39 is 23.5 Å². The molecule has 2 aromatic heterocycles. The van der Waals surface area contributed by atoms with Crippen LogP contribution in [0.5, 0.6) is 0 Å². The Labute approximate surface area is 216 Å². The molecule has 0 atom stereocenters. The molecule has 1 aromatic carbocycles. The van der Waals surface area contributed by atoms with Gasteiger partial charge in [-0.3, -0.25) is 9.47 Å². The molecule has 3 aliphatic rings. The molecule has 0 bridgehead atoms. The zero-order valence-corrected chi connectivity index (χ0v) is 21.1. The third kappa shape index (κ3) is 3.90. The molecule has 0 saturated carbocycles. The molecule has 192 valence electrons. The zero-order valence-electron chi connectivity index (χ0n) is 20.3. The molecule has 2 fully saturated rings. The van der Waals surface area contributed by atoms with Crippen molar-refractivity contribution in [2.24, 2.45) is 5.41 Å². The Bertz CT molecular complexity index is 1420. The van der Waals surface area contributed by atoms with Crippen molar-refractivity contribution in [2.45, 2.75) is 38.9 Å². The number of rotatable bonds is 4. The van der Waals surface area contributed by atoms with E-state index in [0.717, 1.165) is 42.2 Å². The van der Waals surface area contributed by atoms with Crippen molar-refractivity contribution in [3.63, 3.8) is 0 Å². The number of pyridine rings is 1. The summed E-state index contributed by atoms with van der Waals surface area (Å²) in [5.41, 5.74) is 0.373. The van der Waals surface area contributed by atoms with E-state index >= 15 is 0 Å². The highest BCUT2D eigenvalue weighted by molar-refractivity contribution is 6.30. The Balaban J connectivity index is 1.23. The Hall–Kier alpha value is -3.36. The minimum absolute atomic E-state index is 0.0180. The van der Waals surface area contributed by atoms with Gasteiger partial charge in [-0.15, -0.1) is 10.2 Å². The van der Waals surface area contributed by atoms with Crippen LogP contribution >= 0.6 is 11.6 Å². The van der Waals surface area contributed by atoms with E-state index in [1.54, 1.807) is 0 Å². The first kappa shape index (κ1) is 24.0. The fourth-order valence-corrected chi connectivity index (χ4v) is 5.66. The third-order valence-corrected chi connectivity index (χ3v) is 7.77. The smallest absolute Gasteiger partial charge is 0.283 e. The quantitative estimate of drug-likeness (QED) is 0.498. The number of halogens is 4. The van der Waals surface area contributed by atoms with Gasteiger partial charge < -0.3 is 9.80 Å².